The second-order valence-corrected chi connectivity index (χ2v) is 11.0. The molecule has 7 N–H and O–H groups in total. The lowest BCUT2D eigenvalue weighted by Gasteiger charge is -2.22. The van der Waals surface area contributed by atoms with Gasteiger partial charge in [-0.2, -0.15) is 0 Å². The van der Waals surface area contributed by atoms with E-state index >= 15 is 0 Å². The first kappa shape index (κ1) is 40.3. The van der Waals surface area contributed by atoms with E-state index in [1.807, 2.05) is 0 Å². The van der Waals surface area contributed by atoms with E-state index in [4.69, 9.17) is 10.2 Å². The van der Waals surface area contributed by atoms with Gasteiger partial charge in [0.25, 0.3) is 0 Å². The molecule has 0 aliphatic rings. The van der Waals surface area contributed by atoms with E-state index in [0.29, 0.717) is 6.42 Å². The summed E-state index contributed by atoms with van der Waals surface area (Å²) in [5.74, 6) is -7.64. The minimum atomic E-state index is -1.55. The number of carboxylic acid groups (broad SMARTS) is 4. The van der Waals surface area contributed by atoms with Gasteiger partial charge in [0.1, 0.15) is 18.1 Å². The number of amides is 3. The molecule has 3 amide bonds. The van der Waals surface area contributed by atoms with Crippen molar-refractivity contribution in [1.82, 2.24) is 16.0 Å². The summed E-state index contributed by atoms with van der Waals surface area (Å²) in [6.07, 6.45) is 10.9. The summed E-state index contributed by atoms with van der Waals surface area (Å²) < 4.78 is 0. The first-order valence-electron chi connectivity index (χ1n) is 15.7. The van der Waals surface area contributed by atoms with E-state index in [9.17, 15) is 43.8 Å². The second kappa shape index (κ2) is 24.7. The third-order valence-corrected chi connectivity index (χ3v) is 7.11. The summed E-state index contributed by atoms with van der Waals surface area (Å²) in [6, 6.07) is -4.37. The van der Waals surface area contributed by atoms with E-state index in [2.05, 4.69) is 22.9 Å². The Hall–Kier alpha value is -3.71. The molecule has 252 valence electrons. The van der Waals surface area contributed by atoms with Crippen LogP contribution in [0.1, 0.15) is 129 Å². The lowest BCUT2D eigenvalue weighted by Crippen LogP contribution is -2.52. The van der Waals surface area contributed by atoms with Crippen LogP contribution in [-0.4, -0.2) is 80.2 Å². The van der Waals surface area contributed by atoms with Gasteiger partial charge in [0.2, 0.25) is 17.7 Å². The standard InChI is InChI=1S/C30H51N3O11/c1-2-3-4-5-6-7-8-9-10-11-12-13-14-24(34)31-21(28(40)33-23(30(43)44)17-20-27(38)39)15-18-25(35)32-22(29(41)42)16-19-26(36)37/h21-23H,2-20H2,1H3,(H,31,34)(H,32,35)(H,33,40)(H,36,37)(H,38,39)(H,41,42)(H,43,44). The Kier molecular flexibility index (Phi) is 22.6. The molecular formula is C30H51N3O11. The smallest absolute Gasteiger partial charge is 0.326 e. The van der Waals surface area contributed by atoms with Crippen LogP contribution >= 0.6 is 0 Å². The van der Waals surface area contributed by atoms with Crippen molar-refractivity contribution in [3.05, 3.63) is 0 Å². The molecule has 0 bridgehead atoms. The van der Waals surface area contributed by atoms with E-state index in [0.717, 1.165) is 25.7 Å². The number of unbranched alkanes of at least 4 members (excludes halogenated alkanes) is 11. The summed E-state index contributed by atoms with van der Waals surface area (Å²) in [6.45, 7) is 2.19. The quantitative estimate of drug-likeness (QED) is 0.0620. The van der Waals surface area contributed by atoms with Crippen LogP contribution in [0.5, 0.6) is 0 Å². The summed E-state index contributed by atoms with van der Waals surface area (Å²) >= 11 is 0. The molecule has 0 aromatic rings. The average Bonchev–Trinajstić information content (AvgIpc) is 2.95. The van der Waals surface area contributed by atoms with Gasteiger partial charge in [0.05, 0.1) is 0 Å². The lowest BCUT2D eigenvalue weighted by atomic mass is 10.0. The number of carbonyl (C=O) groups excluding carboxylic acids is 3. The van der Waals surface area contributed by atoms with Crippen LogP contribution in [0.2, 0.25) is 0 Å². The SMILES string of the molecule is CCCCCCCCCCCCCCC(=O)NC(CCC(=O)NC(CCC(=O)O)C(=O)O)C(=O)NC(CCC(=O)O)C(=O)O. The van der Waals surface area contributed by atoms with Crippen LogP contribution in [0.25, 0.3) is 0 Å². The Bertz CT molecular complexity index is 926. The van der Waals surface area contributed by atoms with Crippen LogP contribution in [0.4, 0.5) is 0 Å². The Morgan fingerprint density at radius 2 is 0.818 bits per heavy atom. The van der Waals surface area contributed by atoms with Crippen molar-refractivity contribution >= 4 is 41.6 Å². The number of hydrogen-bond donors (Lipinski definition) is 7. The van der Waals surface area contributed by atoms with Crippen molar-refractivity contribution in [3.8, 4) is 0 Å². The summed E-state index contributed by atoms with van der Waals surface area (Å²) in [5, 5.41) is 43.2. The number of carbonyl (C=O) groups is 7. The number of nitrogens with one attached hydrogen (secondary N) is 3. The highest BCUT2D eigenvalue weighted by molar-refractivity contribution is 5.91. The highest BCUT2D eigenvalue weighted by Crippen LogP contribution is 2.13. The van der Waals surface area contributed by atoms with Gasteiger partial charge in [-0.1, -0.05) is 77.6 Å². The maximum Gasteiger partial charge on any atom is 0.326 e. The summed E-state index contributed by atoms with van der Waals surface area (Å²) in [5.41, 5.74) is 0. The maximum absolute atomic E-state index is 12.9. The topological polar surface area (TPSA) is 236 Å². The number of hydrogen-bond acceptors (Lipinski definition) is 7. The fraction of sp³-hybridized carbons (Fsp3) is 0.767. The maximum atomic E-state index is 12.9. The van der Waals surface area contributed by atoms with Crippen LogP contribution in [0, 0.1) is 0 Å². The minimum absolute atomic E-state index is 0.102. The predicted molar refractivity (Wildman–Crippen MR) is 160 cm³/mol. The third-order valence-electron chi connectivity index (χ3n) is 7.11. The first-order chi connectivity index (χ1) is 20.9. The fourth-order valence-corrected chi connectivity index (χ4v) is 4.53. The molecule has 0 rings (SSSR count). The molecule has 0 saturated heterocycles. The normalized spacial score (nSPS) is 12.8. The molecule has 14 nitrogen and oxygen atoms in total. The minimum Gasteiger partial charge on any atom is -0.481 e. The molecule has 0 aromatic carbocycles. The van der Waals surface area contributed by atoms with E-state index in [-0.39, 0.29) is 19.3 Å². The van der Waals surface area contributed by atoms with E-state index in [1.165, 1.54) is 44.9 Å². The van der Waals surface area contributed by atoms with Crippen LogP contribution in [-0.2, 0) is 33.6 Å². The zero-order valence-electron chi connectivity index (χ0n) is 25.8. The van der Waals surface area contributed by atoms with Gasteiger partial charge < -0.3 is 36.4 Å². The summed E-state index contributed by atoms with van der Waals surface area (Å²) in [7, 11) is 0. The Balaban J connectivity index is 4.94. The van der Waals surface area contributed by atoms with Gasteiger partial charge in [0, 0.05) is 25.7 Å². The molecule has 44 heavy (non-hydrogen) atoms. The van der Waals surface area contributed by atoms with E-state index < -0.39 is 85.4 Å². The van der Waals surface area contributed by atoms with E-state index in [1.54, 1.807) is 0 Å². The van der Waals surface area contributed by atoms with Crippen LogP contribution in [0.15, 0.2) is 0 Å². The first-order valence-corrected chi connectivity index (χ1v) is 15.7. The highest BCUT2D eigenvalue weighted by Gasteiger charge is 2.28. The largest absolute Gasteiger partial charge is 0.481 e. The predicted octanol–water partition coefficient (Wildman–Crippen LogP) is 3.21. The molecule has 0 spiro atoms. The van der Waals surface area contributed by atoms with Crippen LogP contribution in [0.3, 0.4) is 0 Å². The second-order valence-electron chi connectivity index (χ2n) is 11.0. The van der Waals surface area contributed by atoms with Crippen molar-refractivity contribution in [2.45, 2.75) is 147 Å². The molecule has 0 aliphatic heterocycles. The molecule has 0 aromatic heterocycles. The summed E-state index contributed by atoms with van der Waals surface area (Å²) in [4.78, 5) is 82.4. The molecular weight excluding hydrogens is 578 g/mol. The monoisotopic (exact) mass is 629 g/mol. The van der Waals surface area contributed by atoms with Gasteiger partial charge in [0.15, 0.2) is 0 Å². The molecule has 0 fully saturated rings. The Morgan fingerprint density at radius 1 is 0.455 bits per heavy atom. The zero-order chi connectivity index (χ0) is 33.3. The number of carboxylic acids is 4. The average molecular weight is 630 g/mol. The number of aliphatic carboxylic acids is 4. The number of rotatable bonds is 28. The van der Waals surface area contributed by atoms with Crippen molar-refractivity contribution in [1.29, 1.82) is 0 Å². The van der Waals surface area contributed by atoms with Crippen LogP contribution < -0.4 is 16.0 Å². The highest BCUT2D eigenvalue weighted by atomic mass is 16.4. The molecule has 0 heterocycles. The van der Waals surface area contributed by atoms with Crippen molar-refractivity contribution in [3.63, 3.8) is 0 Å². The molecule has 3 unspecified atom stereocenters. The van der Waals surface area contributed by atoms with Gasteiger partial charge in [-0.25, -0.2) is 9.59 Å². The fourth-order valence-electron chi connectivity index (χ4n) is 4.53. The van der Waals surface area contributed by atoms with Crippen molar-refractivity contribution in [2.24, 2.45) is 0 Å². The molecule has 3 atom stereocenters. The lowest BCUT2D eigenvalue weighted by molar-refractivity contribution is -0.144. The van der Waals surface area contributed by atoms with Crippen molar-refractivity contribution < 1.29 is 54.0 Å². The molecule has 14 heteroatoms. The van der Waals surface area contributed by atoms with Gasteiger partial charge in [-0.3, -0.25) is 24.0 Å². The van der Waals surface area contributed by atoms with Gasteiger partial charge in [-0.05, 0) is 25.7 Å². The third kappa shape index (κ3) is 21.9. The molecule has 0 saturated carbocycles. The Morgan fingerprint density at radius 3 is 1.25 bits per heavy atom. The molecule has 0 radical (unpaired) electrons. The van der Waals surface area contributed by atoms with Gasteiger partial charge >= 0.3 is 23.9 Å². The molecule has 0 aliphatic carbocycles. The zero-order valence-corrected chi connectivity index (χ0v) is 25.8. The van der Waals surface area contributed by atoms with Crippen molar-refractivity contribution in [2.75, 3.05) is 0 Å². The Labute approximate surface area is 258 Å². The van der Waals surface area contributed by atoms with Gasteiger partial charge in [-0.15, -0.1) is 0 Å².